The number of hydrogen-bond donors (Lipinski definition) is 0. The molecule has 2 fully saturated rings. The quantitative estimate of drug-likeness (QED) is 0.250. The molecule has 0 unspecified atom stereocenters. The number of allylic oxidation sites excluding steroid dienone is 1. The second-order valence-corrected chi connectivity index (χ2v) is 26.5. The zero-order chi connectivity index (χ0) is 27.9. The molecule has 0 N–H and O–H groups in total. The summed E-state index contributed by atoms with van der Waals surface area (Å²) in [6.45, 7) is 24.5. The van der Waals surface area contributed by atoms with Crippen molar-refractivity contribution in [1.29, 1.82) is 0 Å². The van der Waals surface area contributed by atoms with Gasteiger partial charge in [0.1, 0.15) is 14.2 Å². The minimum atomic E-state index is -2.87. The van der Waals surface area contributed by atoms with Gasteiger partial charge in [0.15, 0.2) is 12.0 Å². The minimum absolute atomic E-state index is 0.159. The van der Waals surface area contributed by atoms with Crippen LogP contribution in [0.25, 0.3) is 0 Å². The summed E-state index contributed by atoms with van der Waals surface area (Å²) < 4.78 is 28.1. The fourth-order valence-electron chi connectivity index (χ4n) is 5.62. The third-order valence-corrected chi connectivity index (χ3v) is 18.7. The molecule has 10 heteroatoms. The molecule has 0 saturated carbocycles. The Hall–Kier alpha value is -1.07. The van der Waals surface area contributed by atoms with Crippen molar-refractivity contribution in [2.24, 2.45) is 5.92 Å². The van der Waals surface area contributed by atoms with Crippen molar-refractivity contribution in [1.82, 2.24) is 4.90 Å². The van der Waals surface area contributed by atoms with Gasteiger partial charge in [0.2, 0.25) is 5.91 Å². The van der Waals surface area contributed by atoms with E-state index in [1.807, 2.05) is 0 Å². The summed E-state index contributed by atoms with van der Waals surface area (Å²) in [6.07, 6.45) is 1.42. The Morgan fingerprint density at radius 1 is 0.946 bits per heavy atom. The molecule has 0 aromatic rings. The molecule has 2 saturated heterocycles. The van der Waals surface area contributed by atoms with Gasteiger partial charge in [0.25, 0.3) is 0 Å². The number of ether oxygens (including phenoxy) is 1. The van der Waals surface area contributed by atoms with Gasteiger partial charge < -0.3 is 17.7 Å². The first kappa shape index (κ1) is 30.5. The number of nitrogens with zero attached hydrogens (tertiary/aromatic N) is 1. The average Bonchev–Trinajstić information content (AvgIpc) is 3.07. The number of fused-ring (bicyclic) bond motifs is 1. The molecule has 0 spiro atoms. The van der Waals surface area contributed by atoms with E-state index in [1.165, 1.54) is 6.08 Å². The molecule has 0 radical (unpaired) electrons. The van der Waals surface area contributed by atoms with Crippen LogP contribution in [0.5, 0.6) is 0 Å². The maximum atomic E-state index is 13.0. The average molecular weight is 566 g/mol. The summed E-state index contributed by atoms with van der Waals surface area (Å²) in [4.78, 5) is 26.4. The lowest BCUT2D eigenvalue weighted by molar-refractivity contribution is -0.145. The van der Waals surface area contributed by atoms with Crippen LogP contribution in [-0.4, -0.2) is 66.8 Å². The van der Waals surface area contributed by atoms with Crippen molar-refractivity contribution >= 4 is 36.9 Å². The van der Waals surface area contributed by atoms with Crippen LogP contribution in [0.1, 0.15) is 61.8 Å². The first-order chi connectivity index (χ1) is 17.0. The minimum Gasteiger partial charge on any atom is -0.414 e. The number of carbonyl (C=O) groups is 2. The normalized spacial score (nSPS) is 30.0. The first-order valence-electron chi connectivity index (χ1n) is 13.8. The lowest BCUT2D eigenvalue weighted by atomic mass is 9.99. The summed E-state index contributed by atoms with van der Waals surface area (Å²) in [5.41, 5.74) is 4.33. The highest BCUT2D eigenvalue weighted by molar-refractivity contribution is 6.84. The summed E-state index contributed by atoms with van der Waals surface area (Å²) in [5.74, 6) is 2.66. The molecule has 3 heterocycles. The van der Waals surface area contributed by atoms with Crippen molar-refractivity contribution < 1.29 is 27.3 Å². The molecule has 4 atom stereocenters. The zero-order valence-corrected chi connectivity index (χ0v) is 27.6. The van der Waals surface area contributed by atoms with Crippen LogP contribution < -0.4 is 0 Å². The number of hydrogen-bond acceptors (Lipinski definition) is 6. The maximum Gasteiger partial charge on any atom is 0.335 e. The molecule has 3 rings (SSSR count). The molecule has 3 aliphatic rings. The molecule has 208 valence electrons. The van der Waals surface area contributed by atoms with E-state index >= 15 is 0 Å². The number of amides is 1. The fraction of sp³-hybridized carbons (Fsp3) is 0.778. The highest BCUT2D eigenvalue weighted by Crippen LogP contribution is 2.48. The van der Waals surface area contributed by atoms with E-state index in [2.05, 4.69) is 86.5 Å². The molecule has 0 aromatic heterocycles. The number of rotatable bonds is 5. The van der Waals surface area contributed by atoms with Gasteiger partial charge in [-0.2, -0.15) is 0 Å². The van der Waals surface area contributed by atoms with Crippen LogP contribution in [-0.2, 0) is 27.3 Å². The Balaban J connectivity index is 2.16. The number of ketones is 1. The Morgan fingerprint density at radius 3 is 2.00 bits per heavy atom. The zero-order valence-electron chi connectivity index (χ0n) is 24.6. The third-order valence-electron chi connectivity index (χ3n) is 7.60. The van der Waals surface area contributed by atoms with Crippen LogP contribution in [0.15, 0.2) is 12.3 Å². The maximum absolute atomic E-state index is 13.0. The van der Waals surface area contributed by atoms with Gasteiger partial charge in [0.05, 0.1) is 25.0 Å². The summed E-state index contributed by atoms with van der Waals surface area (Å²) in [5, 5.41) is 0. The van der Waals surface area contributed by atoms with Crippen molar-refractivity contribution in [2.75, 3.05) is 6.61 Å². The molecule has 3 aliphatic heterocycles. The predicted molar refractivity (Wildman–Crippen MR) is 153 cm³/mol. The van der Waals surface area contributed by atoms with Gasteiger partial charge in [-0.25, -0.2) is 0 Å². The Kier molecular flexibility index (Phi) is 9.22. The van der Waals surface area contributed by atoms with Crippen molar-refractivity contribution in [2.45, 2.75) is 122 Å². The van der Waals surface area contributed by atoms with Gasteiger partial charge in [-0.05, 0) is 28.2 Å². The van der Waals surface area contributed by atoms with Crippen LogP contribution in [0.3, 0.4) is 0 Å². The van der Waals surface area contributed by atoms with E-state index in [0.29, 0.717) is 6.61 Å². The van der Waals surface area contributed by atoms with Crippen LogP contribution >= 0.6 is 0 Å². The SMILES string of the molecule is CC(C)[Si]1(C(C)C)OC[C@H]2O[C@@H](N3C=CC(=O)CC3=O)[C@H](C#C[Si](C)(C)C)[C@@H]2O[Si](C(C)C)(C(C)C)O1. The smallest absolute Gasteiger partial charge is 0.335 e. The first-order valence-corrected chi connectivity index (χ1v) is 21.2. The second kappa shape index (κ2) is 11.2. The lowest BCUT2D eigenvalue weighted by Crippen LogP contribution is -2.65. The van der Waals surface area contributed by atoms with Crippen molar-refractivity contribution in [3.05, 3.63) is 12.3 Å². The van der Waals surface area contributed by atoms with Gasteiger partial charge in [-0.3, -0.25) is 14.5 Å². The molecule has 37 heavy (non-hydrogen) atoms. The van der Waals surface area contributed by atoms with Gasteiger partial charge in [-0.15, -0.1) is 5.54 Å². The Bertz CT molecular complexity index is 945. The van der Waals surface area contributed by atoms with E-state index in [0.717, 1.165) is 0 Å². The molecule has 0 aliphatic carbocycles. The van der Waals surface area contributed by atoms with Crippen molar-refractivity contribution in [3.63, 3.8) is 0 Å². The molecule has 1 amide bonds. The van der Waals surface area contributed by atoms with Crippen LogP contribution in [0, 0.1) is 17.4 Å². The monoisotopic (exact) mass is 565 g/mol. The van der Waals surface area contributed by atoms with E-state index in [-0.39, 0.29) is 52.3 Å². The summed E-state index contributed by atoms with van der Waals surface area (Å²) in [7, 11) is -7.31. The van der Waals surface area contributed by atoms with Crippen LogP contribution in [0.2, 0.25) is 41.8 Å². The van der Waals surface area contributed by atoms with Gasteiger partial charge >= 0.3 is 17.1 Å². The molecular weight excluding hydrogens is 519 g/mol. The molecular formula is C27H47NO6Si3. The summed E-state index contributed by atoms with van der Waals surface area (Å²) >= 11 is 0. The molecule has 7 nitrogen and oxygen atoms in total. The topological polar surface area (TPSA) is 74.3 Å². The Labute approximate surface area is 227 Å². The highest BCUT2D eigenvalue weighted by atomic mass is 28.5. The highest BCUT2D eigenvalue weighted by Gasteiger charge is 2.62. The fourth-order valence-corrected chi connectivity index (χ4v) is 17.4. The predicted octanol–water partition coefficient (Wildman–Crippen LogP) is 5.48. The largest absolute Gasteiger partial charge is 0.414 e. The summed E-state index contributed by atoms with van der Waals surface area (Å²) in [6, 6.07) is 0. The Morgan fingerprint density at radius 2 is 1.51 bits per heavy atom. The molecule has 0 bridgehead atoms. The molecule has 0 aromatic carbocycles. The van der Waals surface area contributed by atoms with Crippen LogP contribution in [0.4, 0.5) is 0 Å². The van der Waals surface area contributed by atoms with E-state index < -0.39 is 37.5 Å². The van der Waals surface area contributed by atoms with E-state index in [4.69, 9.17) is 17.7 Å². The van der Waals surface area contributed by atoms with Gasteiger partial charge in [-0.1, -0.05) is 81.0 Å². The lowest BCUT2D eigenvalue weighted by Gasteiger charge is -2.51. The standard InChI is InChI=1S/C27H47NO6Si3/c1-18(2)36(19(3)4)31-17-24-26(33-37(34-36,20(5)6)21(7)8)23(13-15-35(9,10)11)27(32-24)28-14-12-22(29)16-25(28)30/h12,14,18-21,23-24,26-27H,16-17H2,1-11H3/t23-,24-,26+,27-/m1/s1. The van der Waals surface area contributed by atoms with E-state index in [1.54, 1.807) is 11.1 Å². The van der Waals surface area contributed by atoms with E-state index in [9.17, 15) is 9.59 Å². The van der Waals surface area contributed by atoms with Crippen molar-refractivity contribution in [3.8, 4) is 11.5 Å². The third kappa shape index (κ3) is 6.08. The number of carbonyl (C=O) groups excluding carboxylic acids is 2. The second-order valence-electron chi connectivity index (χ2n) is 12.9. The van der Waals surface area contributed by atoms with Gasteiger partial charge in [0, 0.05) is 6.20 Å².